The van der Waals surface area contributed by atoms with E-state index in [0.29, 0.717) is 0 Å². The van der Waals surface area contributed by atoms with Gasteiger partial charge in [-0.2, -0.15) is 0 Å². The maximum atomic E-state index is 11.8. The molecule has 1 aromatic carbocycles. The number of anilines is 2. The molecule has 4 heteroatoms. The summed E-state index contributed by atoms with van der Waals surface area (Å²) in [5, 5.41) is 3.37. The molecule has 1 amide bonds. The average Bonchev–Trinajstić information content (AvgIpc) is 2.15. The molecule has 0 bridgehead atoms. The van der Waals surface area contributed by atoms with Crippen molar-refractivity contribution in [2.24, 2.45) is 0 Å². The van der Waals surface area contributed by atoms with Crippen LogP contribution in [0.5, 0.6) is 0 Å². The van der Waals surface area contributed by atoms with Crippen molar-refractivity contribution >= 4 is 33.2 Å². The minimum absolute atomic E-state index is 0.0749. The Hall–Kier alpha value is -1.03. The summed E-state index contributed by atoms with van der Waals surface area (Å²) in [4.78, 5) is 13.6. The first-order valence-electron chi connectivity index (χ1n) is 5.27. The van der Waals surface area contributed by atoms with Gasteiger partial charge in [-0.3, -0.25) is 4.79 Å². The highest BCUT2D eigenvalue weighted by Gasteiger charge is 2.35. The van der Waals surface area contributed by atoms with Gasteiger partial charge in [-0.05, 0) is 41.9 Å². The van der Waals surface area contributed by atoms with Gasteiger partial charge in [0.2, 0.25) is 5.91 Å². The Morgan fingerprint density at radius 1 is 1.50 bits per heavy atom. The van der Waals surface area contributed by atoms with Gasteiger partial charge in [0.05, 0.1) is 16.9 Å². The number of carbonyl (C=O) groups is 1. The summed E-state index contributed by atoms with van der Waals surface area (Å²) in [6.07, 6.45) is 0. The molecule has 0 saturated carbocycles. The number of para-hydroxylation sites is 1. The maximum absolute atomic E-state index is 11.8. The molecule has 1 heterocycles. The normalized spacial score (nSPS) is 17.6. The van der Waals surface area contributed by atoms with Crippen LogP contribution in [0.15, 0.2) is 22.7 Å². The van der Waals surface area contributed by atoms with Crippen LogP contribution in [0.3, 0.4) is 0 Å². The number of nitrogens with zero attached hydrogens (tertiary/aromatic N) is 1. The summed E-state index contributed by atoms with van der Waals surface area (Å²) in [5.41, 5.74) is 1.75. The minimum Gasteiger partial charge on any atom is -0.380 e. The van der Waals surface area contributed by atoms with Crippen LogP contribution in [0.2, 0.25) is 0 Å². The molecule has 0 fully saturated rings. The Labute approximate surface area is 104 Å². The molecule has 0 aromatic heterocycles. The molecule has 16 heavy (non-hydrogen) atoms. The van der Waals surface area contributed by atoms with Crippen molar-refractivity contribution in [3.8, 4) is 0 Å². The van der Waals surface area contributed by atoms with Crippen molar-refractivity contribution < 1.29 is 4.79 Å². The number of amides is 1. The van der Waals surface area contributed by atoms with Crippen LogP contribution < -0.4 is 10.2 Å². The van der Waals surface area contributed by atoms with E-state index >= 15 is 0 Å². The van der Waals surface area contributed by atoms with Crippen molar-refractivity contribution in [1.82, 2.24) is 0 Å². The van der Waals surface area contributed by atoms with E-state index in [0.717, 1.165) is 22.4 Å². The zero-order valence-corrected chi connectivity index (χ0v) is 11.3. The molecule has 0 saturated heterocycles. The third kappa shape index (κ3) is 1.71. The second kappa shape index (κ2) is 3.77. The molecule has 1 aliphatic rings. The van der Waals surface area contributed by atoms with Gasteiger partial charge in [0.1, 0.15) is 0 Å². The minimum atomic E-state index is -0.195. The Balaban J connectivity index is 2.59. The molecule has 1 N–H and O–H groups in total. The fourth-order valence-electron chi connectivity index (χ4n) is 2.18. The zero-order valence-electron chi connectivity index (χ0n) is 9.67. The molecule has 0 aliphatic carbocycles. The first kappa shape index (κ1) is 11.5. The number of hydrogen-bond acceptors (Lipinski definition) is 2. The molecule has 2 rings (SSSR count). The number of halogens is 1. The lowest BCUT2D eigenvalue weighted by Gasteiger charge is -2.43. The van der Waals surface area contributed by atoms with Gasteiger partial charge >= 0.3 is 0 Å². The van der Waals surface area contributed by atoms with Crippen molar-refractivity contribution in [2.75, 3.05) is 16.8 Å². The molecule has 1 aromatic rings. The number of carbonyl (C=O) groups excluding carboxylic acids is 1. The smallest absolute Gasteiger partial charge is 0.224 e. The summed E-state index contributed by atoms with van der Waals surface area (Å²) in [7, 11) is 0. The van der Waals surface area contributed by atoms with Gasteiger partial charge in [0.15, 0.2) is 0 Å². The monoisotopic (exact) mass is 282 g/mol. The fourth-order valence-corrected chi connectivity index (χ4v) is 2.68. The molecular formula is C12H15BrN2O. The van der Waals surface area contributed by atoms with Gasteiger partial charge in [-0.25, -0.2) is 0 Å². The van der Waals surface area contributed by atoms with Gasteiger partial charge in [-0.1, -0.05) is 6.07 Å². The van der Waals surface area contributed by atoms with E-state index in [1.54, 1.807) is 6.92 Å². The maximum Gasteiger partial charge on any atom is 0.224 e. The number of rotatable bonds is 0. The quantitative estimate of drug-likeness (QED) is 0.793. The van der Waals surface area contributed by atoms with Gasteiger partial charge in [0, 0.05) is 17.9 Å². The average molecular weight is 283 g/mol. The molecule has 0 spiro atoms. The van der Waals surface area contributed by atoms with E-state index in [1.165, 1.54) is 0 Å². The predicted octanol–water partition coefficient (Wildman–Crippen LogP) is 3.01. The Bertz CT molecular complexity index is 443. The van der Waals surface area contributed by atoms with Gasteiger partial charge in [-0.15, -0.1) is 0 Å². The summed E-state index contributed by atoms with van der Waals surface area (Å²) < 4.78 is 0.992. The van der Waals surface area contributed by atoms with Gasteiger partial charge < -0.3 is 10.2 Å². The third-order valence-corrected chi connectivity index (χ3v) is 3.51. The second-order valence-corrected chi connectivity index (χ2v) is 5.51. The van der Waals surface area contributed by atoms with Crippen LogP contribution in [-0.4, -0.2) is 18.0 Å². The molecule has 0 unspecified atom stereocenters. The molecule has 0 radical (unpaired) electrons. The van der Waals surface area contributed by atoms with Crippen molar-refractivity contribution in [1.29, 1.82) is 0 Å². The van der Waals surface area contributed by atoms with Crippen molar-refractivity contribution in [2.45, 2.75) is 26.3 Å². The number of hydrogen-bond donors (Lipinski definition) is 1. The molecule has 0 atom stereocenters. The zero-order chi connectivity index (χ0) is 11.9. The Kier molecular flexibility index (Phi) is 2.70. The summed E-state index contributed by atoms with van der Waals surface area (Å²) in [5.74, 6) is 0.0749. The van der Waals surface area contributed by atoms with E-state index in [-0.39, 0.29) is 11.4 Å². The number of nitrogens with one attached hydrogen (secondary N) is 1. The van der Waals surface area contributed by atoms with Gasteiger partial charge in [0.25, 0.3) is 0 Å². The molecule has 3 nitrogen and oxygen atoms in total. The number of fused-ring (bicyclic) bond motifs is 1. The van der Waals surface area contributed by atoms with E-state index in [1.807, 2.05) is 23.1 Å². The first-order valence-corrected chi connectivity index (χ1v) is 6.06. The van der Waals surface area contributed by atoms with Crippen molar-refractivity contribution in [3.05, 3.63) is 22.7 Å². The highest BCUT2D eigenvalue weighted by atomic mass is 79.9. The lowest BCUT2D eigenvalue weighted by Crippen LogP contribution is -2.54. The van der Waals surface area contributed by atoms with E-state index < -0.39 is 0 Å². The van der Waals surface area contributed by atoms with Crippen LogP contribution in [0.25, 0.3) is 0 Å². The highest BCUT2D eigenvalue weighted by molar-refractivity contribution is 9.10. The summed E-state index contributed by atoms with van der Waals surface area (Å²) >= 11 is 3.50. The van der Waals surface area contributed by atoms with E-state index in [4.69, 9.17) is 0 Å². The topological polar surface area (TPSA) is 32.3 Å². The first-order chi connectivity index (χ1) is 7.43. The molecule has 86 valence electrons. The molecule has 1 aliphatic heterocycles. The van der Waals surface area contributed by atoms with Crippen molar-refractivity contribution in [3.63, 3.8) is 0 Å². The Morgan fingerprint density at radius 3 is 2.81 bits per heavy atom. The number of benzene rings is 1. The third-order valence-electron chi connectivity index (χ3n) is 2.85. The predicted molar refractivity (Wildman–Crippen MR) is 69.9 cm³/mol. The largest absolute Gasteiger partial charge is 0.380 e. The lowest BCUT2D eigenvalue weighted by atomic mass is 9.97. The Morgan fingerprint density at radius 2 is 2.19 bits per heavy atom. The van der Waals surface area contributed by atoms with E-state index in [9.17, 15) is 4.79 Å². The fraction of sp³-hybridized carbons (Fsp3) is 0.417. The summed E-state index contributed by atoms with van der Waals surface area (Å²) in [6.45, 7) is 6.48. The molecular weight excluding hydrogens is 268 g/mol. The summed E-state index contributed by atoms with van der Waals surface area (Å²) in [6, 6.07) is 5.89. The van der Waals surface area contributed by atoms with Crippen LogP contribution in [-0.2, 0) is 4.79 Å². The highest BCUT2D eigenvalue weighted by Crippen LogP contribution is 2.40. The van der Waals surface area contributed by atoms with E-state index in [2.05, 4.69) is 35.1 Å². The SMILES string of the molecule is CC(=O)N1c2cccc(Br)c2NCC1(C)C. The van der Waals surface area contributed by atoms with Crippen LogP contribution in [0.1, 0.15) is 20.8 Å². The van der Waals surface area contributed by atoms with Crippen LogP contribution in [0.4, 0.5) is 11.4 Å². The van der Waals surface area contributed by atoms with Crippen LogP contribution in [0, 0.1) is 0 Å². The standard InChI is InChI=1S/C12H15BrN2O/c1-8(16)15-10-6-4-5-9(13)11(10)14-7-12(15,2)3/h4-6,14H,7H2,1-3H3. The van der Waals surface area contributed by atoms with Crippen LogP contribution >= 0.6 is 15.9 Å². The lowest BCUT2D eigenvalue weighted by molar-refractivity contribution is -0.117. The second-order valence-electron chi connectivity index (χ2n) is 4.65.